The van der Waals surface area contributed by atoms with Crippen molar-refractivity contribution in [1.82, 2.24) is 5.32 Å². The van der Waals surface area contributed by atoms with Crippen LogP contribution in [0.15, 0.2) is 24.3 Å². The molecule has 0 heterocycles. The van der Waals surface area contributed by atoms with Gasteiger partial charge in [-0.05, 0) is 49.9 Å². The predicted octanol–water partition coefficient (Wildman–Crippen LogP) is 2.13. The van der Waals surface area contributed by atoms with E-state index in [-0.39, 0.29) is 5.75 Å². The molecule has 1 fully saturated rings. The van der Waals surface area contributed by atoms with E-state index in [1.54, 1.807) is 6.07 Å². The van der Waals surface area contributed by atoms with Gasteiger partial charge in [-0.2, -0.15) is 0 Å². The molecule has 19 heavy (non-hydrogen) atoms. The molecule has 5 heteroatoms. The van der Waals surface area contributed by atoms with Crippen LogP contribution in [0.2, 0.25) is 0 Å². The zero-order valence-corrected chi connectivity index (χ0v) is 12.2. The van der Waals surface area contributed by atoms with Crippen LogP contribution < -0.4 is 10.0 Å². The highest BCUT2D eigenvalue weighted by Crippen LogP contribution is 2.18. The van der Waals surface area contributed by atoms with Crippen LogP contribution in [0.1, 0.15) is 31.7 Å². The third-order valence-corrected chi connectivity index (χ3v) is 4.58. The third-order valence-electron chi connectivity index (χ3n) is 3.21. The first-order valence-corrected chi connectivity index (χ1v) is 8.57. The molecule has 1 aromatic carbocycles. The monoisotopic (exact) mass is 282 g/mol. The highest BCUT2D eigenvalue weighted by atomic mass is 32.2. The second-order valence-electron chi connectivity index (χ2n) is 5.06. The van der Waals surface area contributed by atoms with Crippen molar-refractivity contribution in [3.63, 3.8) is 0 Å². The fourth-order valence-electron chi connectivity index (χ4n) is 1.94. The van der Waals surface area contributed by atoms with E-state index in [1.165, 1.54) is 12.8 Å². The van der Waals surface area contributed by atoms with Gasteiger partial charge in [0.25, 0.3) is 0 Å². The van der Waals surface area contributed by atoms with E-state index in [1.807, 2.05) is 18.2 Å². The van der Waals surface area contributed by atoms with Gasteiger partial charge in [0.05, 0.1) is 5.75 Å². The molecule has 1 aromatic rings. The molecule has 1 saturated carbocycles. The molecule has 0 aliphatic heterocycles. The van der Waals surface area contributed by atoms with E-state index in [0.717, 1.165) is 18.5 Å². The van der Waals surface area contributed by atoms with Crippen molar-refractivity contribution < 1.29 is 8.42 Å². The smallest absolute Gasteiger partial charge is 0.232 e. The fourth-order valence-corrected chi connectivity index (χ4v) is 3.05. The first-order valence-electron chi connectivity index (χ1n) is 6.92. The minimum Gasteiger partial charge on any atom is -0.314 e. The van der Waals surface area contributed by atoms with E-state index in [0.29, 0.717) is 18.2 Å². The minimum atomic E-state index is -3.23. The van der Waals surface area contributed by atoms with Crippen molar-refractivity contribution in [3.05, 3.63) is 29.8 Å². The van der Waals surface area contributed by atoms with Crippen molar-refractivity contribution >= 4 is 15.7 Å². The van der Waals surface area contributed by atoms with Crippen LogP contribution in [-0.4, -0.2) is 26.8 Å². The molecule has 4 nitrogen and oxygen atoms in total. The van der Waals surface area contributed by atoms with Gasteiger partial charge >= 0.3 is 0 Å². The zero-order chi connectivity index (χ0) is 13.7. The van der Waals surface area contributed by atoms with Crippen LogP contribution >= 0.6 is 0 Å². The van der Waals surface area contributed by atoms with Gasteiger partial charge in [0, 0.05) is 11.7 Å². The van der Waals surface area contributed by atoms with Gasteiger partial charge in [-0.15, -0.1) is 0 Å². The lowest BCUT2D eigenvalue weighted by atomic mass is 10.1. The Labute approximate surface area is 115 Å². The number of anilines is 1. The van der Waals surface area contributed by atoms with E-state index < -0.39 is 10.0 Å². The second-order valence-corrected chi connectivity index (χ2v) is 6.90. The summed E-state index contributed by atoms with van der Waals surface area (Å²) in [7, 11) is -3.23. The molecule has 0 saturated heterocycles. The molecule has 0 aromatic heterocycles. The van der Waals surface area contributed by atoms with Crippen molar-refractivity contribution in [2.75, 3.05) is 17.0 Å². The summed E-state index contributed by atoms with van der Waals surface area (Å²) in [6.07, 6.45) is 4.02. The lowest BCUT2D eigenvalue weighted by molar-refractivity contribution is 0.593. The SMILES string of the molecule is CCc1cccc(NS(=O)(=O)CCCNC2CC2)c1. The summed E-state index contributed by atoms with van der Waals surface area (Å²) in [5, 5.41) is 3.32. The normalized spacial score (nSPS) is 15.4. The molecule has 0 unspecified atom stereocenters. The van der Waals surface area contributed by atoms with Gasteiger partial charge in [0.1, 0.15) is 0 Å². The Kier molecular flexibility index (Phi) is 4.82. The van der Waals surface area contributed by atoms with E-state index in [9.17, 15) is 8.42 Å². The summed E-state index contributed by atoms with van der Waals surface area (Å²) in [6.45, 7) is 2.83. The van der Waals surface area contributed by atoms with Crippen LogP contribution in [0, 0.1) is 0 Å². The molecule has 0 radical (unpaired) electrons. The van der Waals surface area contributed by atoms with Crippen LogP contribution in [0.25, 0.3) is 0 Å². The average Bonchev–Trinajstić information content (AvgIpc) is 3.18. The number of nitrogens with one attached hydrogen (secondary N) is 2. The molecule has 106 valence electrons. The minimum absolute atomic E-state index is 0.170. The Morgan fingerprint density at radius 1 is 1.32 bits per heavy atom. The first kappa shape index (κ1) is 14.3. The number of hydrogen-bond acceptors (Lipinski definition) is 3. The van der Waals surface area contributed by atoms with Crippen molar-refractivity contribution in [2.45, 2.75) is 38.6 Å². The summed E-state index contributed by atoms with van der Waals surface area (Å²) < 4.78 is 26.5. The number of rotatable bonds is 8. The van der Waals surface area contributed by atoms with E-state index in [2.05, 4.69) is 17.0 Å². The average molecular weight is 282 g/mol. The molecule has 0 bridgehead atoms. The molecule has 2 rings (SSSR count). The zero-order valence-electron chi connectivity index (χ0n) is 11.4. The van der Waals surface area contributed by atoms with Gasteiger partial charge in [0.2, 0.25) is 10.0 Å². The van der Waals surface area contributed by atoms with Crippen LogP contribution in [0.5, 0.6) is 0 Å². The first-order chi connectivity index (χ1) is 9.09. The van der Waals surface area contributed by atoms with Crippen molar-refractivity contribution in [2.24, 2.45) is 0 Å². The topological polar surface area (TPSA) is 58.2 Å². The molecule has 0 spiro atoms. The molecule has 1 aliphatic carbocycles. The van der Waals surface area contributed by atoms with Gasteiger partial charge in [-0.3, -0.25) is 4.72 Å². The Balaban J connectivity index is 1.81. The van der Waals surface area contributed by atoms with Crippen molar-refractivity contribution in [3.8, 4) is 0 Å². The molecular formula is C14H22N2O2S. The summed E-state index contributed by atoms with van der Waals surface area (Å²) >= 11 is 0. The van der Waals surface area contributed by atoms with Crippen molar-refractivity contribution in [1.29, 1.82) is 0 Å². The Morgan fingerprint density at radius 2 is 2.11 bits per heavy atom. The standard InChI is InChI=1S/C14H22N2O2S/c1-2-12-5-3-6-14(11-12)16-19(17,18)10-4-9-15-13-7-8-13/h3,5-6,11,13,15-16H,2,4,7-10H2,1H3. The van der Waals surface area contributed by atoms with E-state index in [4.69, 9.17) is 0 Å². The number of benzene rings is 1. The maximum atomic E-state index is 11.9. The van der Waals surface area contributed by atoms with Crippen LogP contribution in [0.4, 0.5) is 5.69 Å². The Hall–Kier alpha value is -1.07. The predicted molar refractivity (Wildman–Crippen MR) is 78.9 cm³/mol. The van der Waals surface area contributed by atoms with E-state index >= 15 is 0 Å². The Morgan fingerprint density at radius 3 is 2.79 bits per heavy atom. The summed E-state index contributed by atoms with van der Waals surface area (Å²) in [5.74, 6) is 0.170. The van der Waals surface area contributed by atoms with Gasteiger partial charge in [-0.25, -0.2) is 8.42 Å². The lowest BCUT2D eigenvalue weighted by Gasteiger charge is -2.09. The summed E-state index contributed by atoms with van der Waals surface area (Å²) in [4.78, 5) is 0. The number of hydrogen-bond donors (Lipinski definition) is 2. The third kappa shape index (κ3) is 5.20. The highest BCUT2D eigenvalue weighted by molar-refractivity contribution is 7.92. The van der Waals surface area contributed by atoms with Crippen LogP contribution in [-0.2, 0) is 16.4 Å². The van der Waals surface area contributed by atoms with Crippen LogP contribution in [0.3, 0.4) is 0 Å². The van der Waals surface area contributed by atoms with Gasteiger partial charge in [-0.1, -0.05) is 19.1 Å². The Bertz CT molecular complexity index is 510. The molecule has 2 N–H and O–H groups in total. The maximum Gasteiger partial charge on any atom is 0.232 e. The highest BCUT2D eigenvalue weighted by Gasteiger charge is 2.20. The second kappa shape index (κ2) is 6.39. The molecule has 0 amide bonds. The number of aryl methyl sites for hydroxylation is 1. The molecule has 0 atom stereocenters. The maximum absolute atomic E-state index is 11.9. The number of sulfonamides is 1. The fraction of sp³-hybridized carbons (Fsp3) is 0.571. The van der Waals surface area contributed by atoms with Gasteiger partial charge < -0.3 is 5.32 Å². The van der Waals surface area contributed by atoms with Gasteiger partial charge in [0.15, 0.2) is 0 Å². The summed E-state index contributed by atoms with van der Waals surface area (Å²) in [5.41, 5.74) is 1.80. The lowest BCUT2D eigenvalue weighted by Crippen LogP contribution is -2.23. The molecule has 1 aliphatic rings. The quantitative estimate of drug-likeness (QED) is 0.718. The summed E-state index contributed by atoms with van der Waals surface area (Å²) in [6, 6.07) is 8.19. The largest absolute Gasteiger partial charge is 0.314 e. The molecular weight excluding hydrogens is 260 g/mol.